The van der Waals surface area contributed by atoms with Gasteiger partial charge in [0.1, 0.15) is 5.54 Å². The molecule has 0 radical (unpaired) electrons. The van der Waals surface area contributed by atoms with E-state index in [2.05, 4.69) is 15.5 Å². The largest absolute Gasteiger partial charge is 0.339 e. The van der Waals surface area contributed by atoms with Gasteiger partial charge >= 0.3 is 6.03 Å². The Morgan fingerprint density at radius 1 is 1.35 bits per heavy atom. The van der Waals surface area contributed by atoms with Crippen molar-refractivity contribution in [3.05, 3.63) is 11.7 Å². The van der Waals surface area contributed by atoms with E-state index in [-0.39, 0.29) is 29.8 Å². The second kappa shape index (κ2) is 5.32. The monoisotopic (exact) mass is 320 g/mol. The Morgan fingerprint density at radius 2 is 2.09 bits per heavy atom. The van der Waals surface area contributed by atoms with Gasteiger partial charge in [-0.1, -0.05) is 45.7 Å². The first-order chi connectivity index (χ1) is 10.7. The fraction of sp³-hybridized carbons (Fsp3) is 0.750. The van der Waals surface area contributed by atoms with Crippen molar-refractivity contribution < 1.29 is 14.1 Å². The number of nitrogens with zero attached hydrogens (tertiary/aromatic N) is 3. The van der Waals surface area contributed by atoms with E-state index in [0.29, 0.717) is 18.1 Å². The number of hydrogen-bond donors (Lipinski definition) is 1. The van der Waals surface area contributed by atoms with Crippen molar-refractivity contribution in [2.45, 2.75) is 70.9 Å². The SMILES string of the molecule is C[C@H]1CCCC[C@@]12NC(=O)N(Cc1noc(C(C)(C)C)n1)C2=O. The van der Waals surface area contributed by atoms with E-state index in [1.54, 1.807) is 0 Å². The average molecular weight is 320 g/mol. The lowest BCUT2D eigenvalue weighted by Gasteiger charge is -2.36. The van der Waals surface area contributed by atoms with E-state index < -0.39 is 5.54 Å². The van der Waals surface area contributed by atoms with Crippen LogP contribution in [0.2, 0.25) is 0 Å². The molecule has 2 fully saturated rings. The number of carbonyl (C=O) groups excluding carboxylic acids is 2. The second-order valence-corrected chi connectivity index (χ2v) is 7.71. The molecular weight excluding hydrogens is 296 g/mol. The fourth-order valence-corrected chi connectivity index (χ4v) is 3.40. The molecule has 126 valence electrons. The Morgan fingerprint density at radius 3 is 2.70 bits per heavy atom. The number of hydrogen-bond acceptors (Lipinski definition) is 5. The van der Waals surface area contributed by atoms with E-state index in [1.165, 1.54) is 4.90 Å². The summed E-state index contributed by atoms with van der Waals surface area (Å²) in [5, 5.41) is 6.84. The minimum absolute atomic E-state index is 0.0543. The minimum atomic E-state index is -0.744. The highest BCUT2D eigenvalue weighted by atomic mass is 16.5. The molecule has 2 atom stereocenters. The van der Waals surface area contributed by atoms with E-state index in [9.17, 15) is 9.59 Å². The van der Waals surface area contributed by atoms with Crippen molar-refractivity contribution in [3.8, 4) is 0 Å². The zero-order chi connectivity index (χ0) is 16.8. The summed E-state index contributed by atoms with van der Waals surface area (Å²) in [6, 6.07) is -0.356. The van der Waals surface area contributed by atoms with Gasteiger partial charge < -0.3 is 9.84 Å². The predicted molar refractivity (Wildman–Crippen MR) is 82.4 cm³/mol. The topological polar surface area (TPSA) is 88.3 Å². The Kier molecular flexibility index (Phi) is 3.69. The molecule has 1 aromatic rings. The number of imide groups is 1. The average Bonchev–Trinajstić information content (AvgIpc) is 3.02. The third-order valence-corrected chi connectivity index (χ3v) is 4.91. The highest BCUT2D eigenvalue weighted by molar-refractivity contribution is 6.07. The van der Waals surface area contributed by atoms with Crippen molar-refractivity contribution in [3.63, 3.8) is 0 Å². The van der Waals surface area contributed by atoms with Gasteiger partial charge in [-0.05, 0) is 18.8 Å². The molecule has 3 rings (SSSR count). The second-order valence-electron chi connectivity index (χ2n) is 7.71. The first kappa shape index (κ1) is 16.0. The molecule has 1 aliphatic heterocycles. The van der Waals surface area contributed by atoms with E-state index in [1.807, 2.05) is 27.7 Å². The first-order valence-electron chi connectivity index (χ1n) is 8.21. The minimum Gasteiger partial charge on any atom is -0.339 e. The van der Waals surface area contributed by atoms with E-state index in [4.69, 9.17) is 4.52 Å². The third kappa shape index (κ3) is 2.62. The number of carbonyl (C=O) groups is 2. The Labute approximate surface area is 135 Å². The Balaban J connectivity index is 1.80. The predicted octanol–water partition coefficient (Wildman–Crippen LogP) is 2.37. The number of aromatic nitrogens is 2. The lowest BCUT2D eigenvalue weighted by Crippen LogP contribution is -2.53. The summed E-state index contributed by atoms with van der Waals surface area (Å²) in [6.45, 7) is 8.00. The van der Waals surface area contributed by atoms with Gasteiger partial charge in [0, 0.05) is 5.41 Å². The van der Waals surface area contributed by atoms with Crippen molar-refractivity contribution in [1.29, 1.82) is 0 Å². The molecule has 1 saturated carbocycles. The Hall–Kier alpha value is -1.92. The highest BCUT2D eigenvalue weighted by Crippen LogP contribution is 2.38. The normalized spacial score (nSPS) is 28.5. The summed E-state index contributed by atoms with van der Waals surface area (Å²) >= 11 is 0. The van der Waals surface area contributed by atoms with Gasteiger partial charge in [-0.2, -0.15) is 4.98 Å². The number of urea groups is 1. The molecule has 1 N–H and O–H groups in total. The molecule has 1 aliphatic carbocycles. The van der Waals surface area contributed by atoms with Crippen LogP contribution in [0.1, 0.15) is 65.1 Å². The van der Waals surface area contributed by atoms with Crippen LogP contribution in [0, 0.1) is 5.92 Å². The maximum atomic E-state index is 12.9. The molecule has 7 heteroatoms. The van der Waals surface area contributed by atoms with Gasteiger partial charge in [0.15, 0.2) is 5.82 Å². The molecule has 1 saturated heterocycles. The number of rotatable bonds is 2. The van der Waals surface area contributed by atoms with E-state index in [0.717, 1.165) is 19.3 Å². The van der Waals surface area contributed by atoms with Crippen LogP contribution in [0.3, 0.4) is 0 Å². The van der Waals surface area contributed by atoms with Crippen LogP contribution in [-0.4, -0.2) is 32.5 Å². The van der Waals surface area contributed by atoms with Crippen LogP contribution in [0.5, 0.6) is 0 Å². The lowest BCUT2D eigenvalue weighted by molar-refractivity contribution is -0.134. The van der Waals surface area contributed by atoms with Crippen LogP contribution in [0.25, 0.3) is 0 Å². The maximum absolute atomic E-state index is 12.9. The van der Waals surface area contributed by atoms with Gasteiger partial charge in [0.25, 0.3) is 5.91 Å². The Bertz CT molecular complexity index is 634. The summed E-state index contributed by atoms with van der Waals surface area (Å²) < 4.78 is 5.24. The summed E-state index contributed by atoms with van der Waals surface area (Å²) in [6.07, 6.45) is 3.72. The standard InChI is InChI=1S/C16H24N4O3/c1-10-7-5-6-8-16(10)13(21)20(14(22)18-16)9-11-17-12(23-19-11)15(2,3)4/h10H,5-9H2,1-4H3,(H,18,22)/t10-,16+/m0/s1. The van der Waals surface area contributed by atoms with Crippen molar-refractivity contribution in [1.82, 2.24) is 20.4 Å². The summed E-state index contributed by atoms with van der Waals surface area (Å²) in [5.41, 5.74) is -1.01. The molecule has 2 heterocycles. The molecular formula is C16H24N4O3. The molecule has 0 bridgehead atoms. The van der Waals surface area contributed by atoms with Crippen LogP contribution < -0.4 is 5.32 Å². The van der Waals surface area contributed by atoms with Crippen molar-refractivity contribution in [2.75, 3.05) is 0 Å². The molecule has 7 nitrogen and oxygen atoms in total. The number of amides is 3. The van der Waals surface area contributed by atoms with Crippen LogP contribution in [0.15, 0.2) is 4.52 Å². The van der Waals surface area contributed by atoms with Gasteiger partial charge in [0.05, 0.1) is 6.54 Å². The summed E-state index contributed by atoms with van der Waals surface area (Å²) in [5.74, 6) is 0.851. The molecule has 1 aromatic heterocycles. The lowest BCUT2D eigenvalue weighted by atomic mass is 9.73. The zero-order valence-electron chi connectivity index (χ0n) is 14.2. The molecule has 2 aliphatic rings. The van der Waals surface area contributed by atoms with E-state index >= 15 is 0 Å². The van der Waals surface area contributed by atoms with Crippen molar-refractivity contribution in [2.24, 2.45) is 5.92 Å². The summed E-state index contributed by atoms with van der Waals surface area (Å²) in [4.78, 5) is 30.7. The summed E-state index contributed by atoms with van der Waals surface area (Å²) in [7, 11) is 0. The zero-order valence-corrected chi connectivity index (χ0v) is 14.2. The van der Waals surface area contributed by atoms with Crippen LogP contribution >= 0.6 is 0 Å². The van der Waals surface area contributed by atoms with Gasteiger partial charge in [0.2, 0.25) is 5.89 Å². The third-order valence-electron chi connectivity index (χ3n) is 4.91. The van der Waals surface area contributed by atoms with Gasteiger partial charge in [-0.15, -0.1) is 0 Å². The smallest absolute Gasteiger partial charge is 0.325 e. The van der Waals surface area contributed by atoms with Gasteiger partial charge in [-0.3, -0.25) is 9.69 Å². The molecule has 0 aromatic carbocycles. The van der Waals surface area contributed by atoms with Crippen molar-refractivity contribution >= 4 is 11.9 Å². The highest BCUT2D eigenvalue weighted by Gasteiger charge is 2.55. The molecule has 1 spiro atoms. The molecule has 3 amide bonds. The van der Waals surface area contributed by atoms with Gasteiger partial charge in [-0.25, -0.2) is 4.79 Å². The molecule has 0 unspecified atom stereocenters. The van der Waals surface area contributed by atoms with Crippen LogP contribution in [-0.2, 0) is 16.8 Å². The quantitative estimate of drug-likeness (QED) is 0.845. The fourth-order valence-electron chi connectivity index (χ4n) is 3.40. The van der Waals surface area contributed by atoms with Crippen LogP contribution in [0.4, 0.5) is 4.79 Å². The maximum Gasteiger partial charge on any atom is 0.325 e. The molecule has 23 heavy (non-hydrogen) atoms. The first-order valence-corrected chi connectivity index (χ1v) is 8.21. The number of nitrogens with one attached hydrogen (secondary N) is 1.